The Hall–Kier alpha value is -4.69. The fourth-order valence-corrected chi connectivity index (χ4v) is 5.14. The second kappa shape index (κ2) is 15.9. The predicted molar refractivity (Wildman–Crippen MR) is 168 cm³/mol. The monoisotopic (exact) mass is 558 g/mol. The number of pyridine rings is 1. The van der Waals surface area contributed by atoms with Crippen LogP contribution in [0.25, 0.3) is 11.1 Å². The molecule has 4 rings (SSSR count). The summed E-state index contributed by atoms with van der Waals surface area (Å²) in [6.45, 7) is 3.50. The van der Waals surface area contributed by atoms with Crippen molar-refractivity contribution in [2.24, 2.45) is 0 Å². The third-order valence-electron chi connectivity index (χ3n) is 7.30. The van der Waals surface area contributed by atoms with Crippen LogP contribution in [0.4, 0.5) is 11.5 Å². The number of benzene rings is 3. The van der Waals surface area contributed by atoms with Crippen molar-refractivity contribution in [2.75, 3.05) is 16.8 Å². The topological polar surface area (TPSA) is 108 Å². The Balaban J connectivity index is 1.48. The van der Waals surface area contributed by atoms with Gasteiger partial charge >= 0.3 is 0 Å². The molecule has 7 nitrogen and oxygen atoms in total. The molecular formula is C35H38N6O. The lowest BCUT2D eigenvalue weighted by Crippen LogP contribution is -2.51. The molecule has 0 fully saturated rings. The number of nitriles is 2. The summed E-state index contributed by atoms with van der Waals surface area (Å²) >= 11 is 0. The molecule has 4 aromatic rings. The smallest absolute Gasteiger partial charge is 0.184 e. The van der Waals surface area contributed by atoms with Crippen molar-refractivity contribution in [3.05, 3.63) is 114 Å². The molecule has 214 valence electrons. The highest BCUT2D eigenvalue weighted by atomic mass is 16.3. The van der Waals surface area contributed by atoms with Gasteiger partial charge < -0.3 is 15.3 Å². The molecule has 1 heterocycles. The fourth-order valence-electron chi connectivity index (χ4n) is 5.14. The highest BCUT2D eigenvalue weighted by Gasteiger charge is 2.25. The van der Waals surface area contributed by atoms with Gasteiger partial charge in [0.1, 0.15) is 11.9 Å². The number of hydrogen-bond acceptors (Lipinski definition) is 7. The standard InChI is InChI=1S/C35H38N6O/c1-2-10-31(14-8-9-22-38-34-21-16-28(23-36)26-39-34)41(35(42)40-25-27-11-4-3-5-12-27)32-19-17-29(18-20-32)33-15-7-6-13-30(33)24-37/h3-7,11-13,15-21,26,31,35,40,42H,2,8-10,14,22,25H2,1H3,(H,38,39). The molecule has 3 N–H and O–H groups in total. The van der Waals surface area contributed by atoms with E-state index in [1.165, 1.54) is 0 Å². The maximum Gasteiger partial charge on any atom is 0.184 e. The normalized spacial score (nSPS) is 12.1. The van der Waals surface area contributed by atoms with E-state index in [0.717, 1.165) is 66.8 Å². The summed E-state index contributed by atoms with van der Waals surface area (Å²) in [6.07, 6.45) is 5.48. The molecule has 0 bridgehead atoms. The van der Waals surface area contributed by atoms with Crippen LogP contribution >= 0.6 is 0 Å². The van der Waals surface area contributed by atoms with Crippen molar-refractivity contribution < 1.29 is 5.11 Å². The predicted octanol–water partition coefficient (Wildman–Crippen LogP) is 6.82. The molecule has 0 saturated carbocycles. The number of rotatable bonds is 15. The van der Waals surface area contributed by atoms with Crippen molar-refractivity contribution in [1.29, 1.82) is 10.5 Å². The number of anilines is 2. The molecule has 0 spiro atoms. The largest absolute Gasteiger partial charge is 0.370 e. The summed E-state index contributed by atoms with van der Waals surface area (Å²) in [4.78, 5) is 6.39. The van der Waals surface area contributed by atoms with Crippen LogP contribution in [-0.4, -0.2) is 29.0 Å². The molecule has 0 aliphatic heterocycles. The third-order valence-corrected chi connectivity index (χ3v) is 7.30. The van der Waals surface area contributed by atoms with Crippen LogP contribution < -0.4 is 15.5 Å². The van der Waals surface area contributed by atoms with Gasteiger partial charge in [0.2, 0.25) is 0 Å². The minimum Gasteiger partial charge on any atom is -0.370 e. The average Bonchev–Trinajstić information content (AvgIpc) is 3.04. The van der Waals surface area contributed by atoms with E-state index < -0.39 is 6.35 Å². The van der Waals surface area contributed by atoms with E-state index >= 15 is 0 Å². The second-order valence-corrected chi connectivity index (χ2v) is 10.3. The molecule has 42 heavy (non-hydrogen) atoms. The molecule has 0 amide bonds. The summed E-state index contributed by atoms with van der Waals surface area (Å²) in [5.41, 5.74) is 5.09. The van der Waals surface area contributed by atoms with Crippen molar-refractivity contribution >= 4 is 11.5 Å². The van der Waals surface area contributed by atoms with Crippen LogP contribution in [0.1, 0.15) is 55.7 Å². The van der Waals surface area contributed by atoms with E-state index in [-0.39, 0.29) is 6.04 Å². The number of unbranched alkanes of at least 4 members (excludes halogenated alkanes) is 1. The number of nitrogens with zero attached hydrogens (tertiary/aromatic N) is 4. The molecule has 3 aromatic carbocycles. The van der Waals surface area contributed by atoms with Gasteiger partial charge in [-0.25, -0.2) is 4.98 Å². The molecule has 0 aliphatic rings. The van der Waals surface area contributed by atoms with Gasteiger partial charge in [-0.3, -0.25) is 5.32 Å². The first-order valence-corrected chi connectivity index (χ1v) is 14.6. The Bertz CT molecular complexity index is 1460. The average molecular weight is 559 g/mol. The van der Waals surface area contributed by atoms with Crippen molar-refractivity contribution in [3.8, 4) is 23.3 Å². The number of aliphatic hydroxyl groups is 1. The van der Waals surface area contributed by atoms with Crippen molar-refractivity contribution in [2.45, 2.75) is 58.0 Å². The van der Waals surface area contributed by atoms with Crippen LogP contribution in [-0.2, 0) is 6.54 Å². The van der Waals surface area contributed by atoms with Crippen LogP contribution in [0.5, 0.6) is 0 Å². The zero-order chi connectivity index (χ0) is 29.6. The Morgan fingerprint density at radius 2 is 1.62 bits per heavy atom. The highest BCUT2D eigenvalue weighted by molar-refractivity contribution is 5.72. The first-order valence-electron chi connectivity index (χ1n) is 14.6. The van der Waals surface area contributed by atoms with Crippen LogP contribution in [0.15, 0.2) is 97.2 Å². The van der Waals surface area contributed by atoms with E-state index in [1.807, 2.05) is 84.9 Å². The zero-order valence-corrected chi connectivity index (χ0v) is 24.1. The number of hydrogen-bond donors (Lipinski definition) is 3. The Labute approximate surface area is 249 Å². The Kier molecular flexibility index (Phi) is 11.5. The lowest BCUT2D eigenvalue weighted by molar-refractivity contribution is 0.117. The summed E-state index contributed by atoms with van der Waals surface area (Å²) in [7, 11) is 0. The molecule has 0 aliphatic carbocycles. The van der Waals surface area contributed by atoms with E-state index in [9.17, 15) is 10.4 Å². The minimum atomic E-state index is -0.875. The lowest BCUT2D eigenvalue weighted by Gasteiger charge is -2.38. The Morgan fingerprint density at radius 1 is 0.857 bits per heavy atom. The first-order chi connectivity index (χ1) is 20.6. The van der Waals surface area contributed by atoms with Gasteiger partial charge in [0.05, 0.1) is 17.2 Å². The fraction of sp³-hybridized carbons (Fsp3) is 0.286. The molecule has 0 radical (unpaired) electrons. The maximum absolute atomic E-state index is 11.5. The minimum absolute atomic E-state index is 0.124. The van der Waals surface area contributed by atoms with Gasteiger partial charge in [-0.05, 0) is 72.7 Å². The maximum atomic E-state index is 11.5. The number of aliphatic hydroxyl groups excluding tert-OH is 1. The quantitative estimate of drug-likeness (QED) is 0.109. The Morgan fingerprint density at radius 3 is 2.31 bits per heavy atom. The van der Waals surface area contributed by atoms with Gasteiger partial charge in [-0.2, -0.15) is 10.5 Å². The molecular weight excluding hydrogens is 520 g/mol. The summed E-state index contributed by atoms with van der Waals surface area (Å²) < 4.78 is 0. The number of aromatic nitrogens is 1. The lowest BCUT2D eigenvalue weighted by atomic mass is 9.99. The van der Waals surface area contributed by atoms with E-state index in [1.54, 1.807) is 12.3 Å². The zero-order valence-electron chi connectivity index (χ0n) is 24.1. The van der Waals surface area contributed by atoms with Gasteiger partial charge in [0, 0.05) is 31.0 Å². The molecule has 0 saturated heterocycles. The SMILES string of the molecule is CCCC(CCCCNc1ccc(C#N)cn1)N(c1ccc(-c2ccccc2C#N)cc1)C(O)NCc1ccccc1. The molecule has 7 heteroatoms. The molecule has 1 aromatic heterocycles. The molecule has 2 unspecified atom stereocenters. The van der Waals surface area contributed by atoms with Crippen LogP contribution in [0, 0.1) is 22.7 Å². The van der Waals surface area contributed by atoms with E-state index in [4.69, 9.17) is 5.26 Å². The summed E-state index contributed by atoms with van der Waals surface area (Å²) in [5, 5.41) is 36.7. The van der Waals surface area contributed by atoms with Crippen molar-refractivity contribution in [3.63, 3.8) is 0 Å². The van der Waals surface area contributed by atoms with Gasteiger partial charge in [0.25, 0.3) is 0 Å². The van der Waals surface area contributed by atoms with Gasteiger partial charge in [-0.15, -0.1) is 0 Å². The van der Waals surface area contributed by atoms with Gasteiger partial charge in [-0.1, -0.05) is 74.0 Å². The van der Waals surface area contributed by atoms with Crippen LogP contribution in [0.2, 0.25) is 0 Å². The van der Waals surface area contributed by atoms with Crippen molar-refractivity contribution in [1.82, 2.24) is 10.3 Å². The van der Waals surface area contributed by atoms with Crippen LogP contribution in [0.3, 0.4) is 0 Å². The third kappa shape index (κ3) is 8.41. The van der Waals surface area contributed by atoms with E-state index in [2.05, 4.69) is 39.6 Å². The highest BCUT2D eigenvalue weighted by Crippen LogP contribution is 2.29. The summed E-state index contributed by atoms with van der Waals surface area (Å²) in [5.74, 6) is 0.763. The summed E-state index contributed by atoms with van der Waals surface area (Å²) in [6, 6.07) is 33.9. The second-order valence-electron chi connectivity index (χ2n) is 10.3. The first kappa shape index (κ1) is 30.3. The number of nitrogens with one attached hydrogen (secondary N) is 2. The van der Waals surface area contributed by atoms with Gasteiger partial charge in [0.15, 0.2) is 6.35 Å². The van der Waals surface area contributed by atoms with E-state index in [0.29, 0.717) is 17.7 Å². The molecule has 2 atom stereocenters.